The molecular formula is C30H40N6. The molecule has 0 radical (unpaired) electrons. The van der Waals surface area contributed by atoms with Crippen LogP contribution in [0, 0.1) is 36.5 Å². The molecule has 0 saturated heterocycles. The molecule has 0 fully saturated rings. The lowest BCUT2D eigenvalue weighted by atomic mass is 10.1. The quantitative estimate of drug-likeness (QED) is 0.274. The average molecular weight is 485 g/mol. The topological polar surface area (TPSA) is 109 Å². The molecule has 6 nitrogen and oxygen atoms in total. The van der Waals surface area contributed by atoms with E-state index < -0.39 is 0 Å². The first kappa shape index (κ1) is 30.2. The number of H-pyrrole nitrogens is 2. The van der Waals surface area contributed by atoms with Gasteiger partial charge in [0.2, 0.25) is 0 Å². The number of terminal acetylenes is 1. The molecular weight excluding hydrogens is 444 g/mol. The first-order valence-electron chi connectivity index (χ1n) is 12.1. The minimum absolute atomic E-state index is 0.394. The predicted molar refractivity (Wildman–Crippen MR) is 153 cm³/mol. The van der Waals surface area contributed by atoms with E-state index in [2.05, 4.69) is 86.2 Å². The number of hydrogen-bond acceptors (Lipinski definition) is 4. The maximum atomic E-state index is 5.62. The van der Waals surface area contributed by atoms with Crippen molar-refractivity contribution in [3.8, 4) is 35.9 Å². The number of nitrogens with one attached hydrogen (secondary N) is 2. The number of aromatic nitrogens is 4. The Morgan fingerprint density at radius 2 is 1.31 bits per heavy atom. The SMILES string of the molecule is C#C.CC(C)C.CC(C)C.NCc1ncc(-c2ccc(C#Cc3ccc4nc(CN)[nH]c4c3)cc2)[nH]1. The molecule has 2 aromatic carbocycles. The van der Waals surface area contributed by atoms with Crippen LogP contribution in [0.3, 0.4) is 0 Å². The van der Waals surface area contributed by atoms with Gasteiger partial charge >= 0.3 is 0 Å². The van der Waals surface area contributed by atoms with E-state index in [9.17, 15) is 0 Å². The summed E-state index contributed by atoms with van der Waals surface area (Å²) in [5, 5.41) is 0. The lowest BCUT2D eigenvalue weighted by Gasteiger charge is -1.98. The minimum atomic E-state index is 0.394. The number of aromatic amines is 2. The summed E-state index contributed by atoms with van der Waals surface area (Å²) in [5.41, 5.74) is 16.9. The first-order valence-corrected chi connectivity index (χ1v) is 12.1. The molecule has 190 valence electrons. The van der Waals surface area contributed by atoms with E-state index in [1.807, 2.05) is 42.5 Å². The van der Waals surface area contributed by atoms with Crippen LogP contribution in [-0.4, -0.2) is 19.9 Å². The Kier molecular flexibility index (Phi) is 13.4. The number of benzene rings is 2. The molecule has 0 amide bonds. The van der Waals surface area contributed by atoms with Crippen molar-refractivity contribution in [2.24, 2.45) is 23.3 Å². The molecule has 2 heterocycles. The second-order valence-electron chi connectivity index (χ2n) is 9.36. The Hall–Kier alpha value is -3.84. The van der Waals surface area contributed by atoms with E-state index in [4.69, 9.17) is 11.5 Å². The first-order chi connectivity index (χ1) is 17.2. The summed E-state index contributed by atoms with van der Waals surface area (Å²) in [6, 6.07) is 13.9. The van der Waals surface area contributed by atoms with Gasteiger partial charge in [-0.05, 0) is 47.7 Å². The summed E-state index contributed by atoms with van der Waals surface area (Å²) >= 11 is 0. The molecule has 2 aromatic heterocycles. The van der Waals surface area contributed by atoms with E-state index in [1.165, 1.54) is 0 Å². The van der Waals surface area contributed by atoms with Crippen molar-refractivity contribution in [1.82, 2.24) is 19.9 Å². The molecule has 0 unspecified atom stereocenters. The van der Waals surface area contributed by atoms with Crippen LogP contribution in [0.2, 0.25) is 0 Å². The highest BCUT2D eigenvalue weighted by Crippen LogP contribution is 2.18. The molecule has 0 saturated carbocycles. The summed E-state index contributed by atoms with van der Waals surface area (Å²) in [6.45, 7) is 13.8. The highest BCUT2D eigenvalue weighted by Gasteiger charge is 2.03. The third kappa shape index (κ3) is 10.6. The van der Waals surface area contributed by atoms with E-state index in [-0.39, 0.29) is 0 Å². The summed E-state index contributed by atoms with van der Waals surface area (Å²) < 4.78 is 0. The second kappa shape index (κ2) is 15.9. The van der Waals surface area contributed by atoms with Gasteiger partial charge in [0.15, 0.2) is 0 Å². The smallest absolute Gasteiger partial charge is 0.121 e. The maximum Gasteiger partial charge on any atom is 0.121 e. The normalized spacial score (nSPS) is 9.78. The summed E-state index contributed by atoms with van der Waals surface area (Å²) in [6.07, 6.45) is 9.79. The van der Waals surface area contributed by atoms with Crippen molar-refractivity contribution in [3.63, 3.8) is 0 Å². The van der Waals surface area contributed by atoms with Crippen LogP contribution < -0.4 is 11.5 Å². The lowest BCUT2D eigenvalue weighted by molar-refractivity contribution is 0.736. The van der Waals surface area contributed by atoms with Gasteiger partial charge in [-0.3, -0.25) is 0 Å². The lowest BCUT2D eigenvalue weighted by Crippen LogP contribution is -1.97. The molecule has 0 bridgehead atoms. The Morgan fingerprint density at radius 3 is 1.83 bits per heavy atom. The highest BCUT2D eigenvalue weighted by atomic mass is 14.9. The van der Waals surface area contributed by atoms with Gasteiger partial charge in [0, 0.05) is 11.1 Å². The number of rotatable bonds is 3. The molecule has 0 aliphatic heterocycles. The molecule has 36 heavy (non-hydrogen) atoms. The summed E-state index contributed by atoms with van der Waals surface area (Å²) in [5.74, 6) is 9.59. The Bertz CT molecular complexity index is 1240. The Labute approximate surface area is 216 Å². The van der Waals surface area contributed by atoms with Crippen molar-refractivity contribution >= 4 is 11.0 Å². The molecule has 0 aliphatic carbocycles. The number of fused-ring (bicyclic) bond motifs is 1. The van der Waals surface area contributed by atoms with Gasteiger partial charge in [-0.15, -0.1) is 12.8 Å². The van der Waals surface area contributed by atoms with Crippen molar-refractivity contribution in [1.29, 1.82) is 0 Å². The average Bonchev–Trinajstić information content (AvgIpc) is 3.50. The van der Waals surface area contributed by atoms with Gasteiger partial charge in [-0.1, -0.05) is 65.5 Å². The fraction of sp³-hybridized carbons (Fsp3) is 0.333. The van der Waals surface area contributed by atoms with Gasteiger partial charge < -0.3 is 21.4 Å². The fourth-order valence-corrected chi connectivity index (χ4v) is 2.73. The standard InChI is InChI=1S/C20H18N6.2C4H10.C2H2/c21-10-19-23-12-18(26-19)15-6-3-13(4-7-15)1-2-14-5-8-16-17(9-14)25-20(11-22)24-16;2*1-4(2)3;1-2/h3-9,12H,10-11,21-22H2,(H,23,26)(H,24,25);2*4H,1-3H3;1-2H. The zero-order valence-corrected chi connectivity index (χ0v) is 22.4. The van der Waals surface area contributed by atoms with Crippen molar-refractivity contribution in [3.05, 3.63) is 71.4 Å². The van der Waals surface area contributed by atoms with Crippen LogP contribution in [0.15, 0.2) is 48.7 Å². The van der Waals surface area contributed by atoms with Crippen LogP contribution in [0.25, 0.3) is 22.3 Å². The van der Waals surface area contributed by atoms with E-state index in [1.54, 1.807) is 6.20 Å². The maximum absolute atomic E-state index is 5.62. The summed E-state index contributed by atoms with van der Waals surface area (Å²) in [7, 11) is 0. The van der Waals surface area contributed by atoms with Gasteiger partial charge in [0.1, 0.15) is 11.6 Å². The molecule has 4 aromatic rings. The fourth-order valence-electron chi connectivity index (χ4n) is 2.73. The molecule has 0 aliphatic rings. The second-order valence-corrected chi connectivity index (χ2v) is 9.36. The minimum Gasteiger partial charge on any atom is -0.341 e. The van der Waals surface area contributed by atoms with E-state index in [0.717, 1.165) is 56.9 Å². The molecule has 0 spiro atoms. The molecule has 4 rings (SSSR count). The summed E-state index contributed by atoms with van der Waals surface area (Å²) in [4.78, 5) is 15.0. The van der Waals surface area contributed by atoms with Crippen molar-refractivity contribution in [2.45, 2.75) is 54.6 Å². The molecule has 6 heteroatoms. The zero-order chi connectivity index (χ0) is 27.1. The Balaban J connectivity index is 0.000000561. The van der Waals surface area contributed by atoms with Crippen LogP contribution in [-0.2, 0) is 13.1 Å². The highest BCUT2D eigenvalue weighted by molar-refractivity contribution is 5.77. The van der Waals surface area contributed by atoms with Crippen LogP contribution in [0.4, 0.5) is 0 Å². The van der Waals surface area contributed by atoms with Gasteiger partial charge in [-0.25, -0.2) is 9.97 Å². The van der Waals surface area contributed by atoms with E-state index in [0.29, 0.717) is 13.1 Å². The van der Waals surface area contributed by atoms with Gasteiger partial charge in [-0.2, -0.15) is 0 Å². The predicted octanol–water partition coefficient (Wildman–Crippen LogP) is 5.84. The van der Waals surface area contributed by atoms with Crippen molar-refractivity contribution in [2.75, 3.05) is 0 Å². The third-order valence-corrected chi connectivity index (χ3v) is 4.09. The van der Waals surface area contributed by atoms with Crippen LogP contribution >= 0.6 is 0 Å². The zero-order valence-electron chi connectivity index (χ0n) is 22.4. The monoisotopic (exact) mass is 484 g/mol. The molecule has 6 N–H and O–H groups in total. The number of nitrogens with zero attached hydrogens (tertiary/aromatic N) is 2. The van der Waals surface area contributed by atoms with Crippen molar-refractivity contribution < 1.29 is 0 Å². The number of nitrogens with two attached hydrogens (primary N) is 2. The van der Waals surface area contributed by atoms with Crippen LogP contribution in [0.5, 0.6) is 0 Å². The third-order valence-electron chi connectivity index (χ3n) is 4.09. The van der Waals surface area contributed by atoms with Gasteiger partial charge in [0.05, 0.1) is 36.0 Å². The van der Waals surface area contributed by atoms with Crippen LogP contribution in [0.1, 0.15) is 64.3 Å². The number of imidazole rings is 2. The largest absolute Gasteiger partial charge is 0.341 e. The Morgan fingerprint density at radius 1 is 0.778 bits per heavy atom. The van der Waals surface area contributed by atoms with E-state index >= 15 is 0 Å². The number of hydrogen-bond donors (Lipinski definition) is 4. The molecule has 0 atom stereocenters. The van der Waals surface area contributed by atoms with Gasteiger partial charge in [0.25, 0.3) is 0 Å².